The predicted octanol–water partition coefficient (Wildman–Crippen LogP) is 1.99. The number of aromatic nitrogens is 1. The molecule has 0 fully saturated rings. The first kappa shape index (κ1) is 14.6. The second-order valence-electron chi connectivity index (χ2n) is 4.07. The zero-order valence-electron chi connectivity index (χ0n) is 10.6. The van der Waals surface area contributed by atoms with E-state index in [-0.39, 0.29) is 12.4 Å². The monoisotopic (exact) mass is 295 g/mol. The number of benzene rings is 1. The fourth-order valence-electron chi connectivity index (χ4n) is 1.50. The molecular formula is C14H14FNO3S. The van der Waals surface area contributed by atoms with Crippen LogP contribution in [-0.4, -0.2) is 23.6 Å². The van der Waals surface area contributed by atoms with Gasteiger partial charge < -0.3 is 15.1 Å². The van der Waals surface area contributed by atoms with E-state index in [4.69, 9.17) is 4.74 Å². The fraction of sp³-hybridized carbons (Fsp3) is 0.214. The van der Waals surface area contributed by atoms with Crippen LogP contribution in [0, 0.1) is 11.0 Å². The van der Waals surface area contributed by atoms with E-state index < -0.39 is 11.9 Å². The zero-order chi connectivity index (χ0) is 14.4. The summed E-state index contributed by atoms with van der Waals surface area (Å²) < 4.78 is 19.2. The molecule has 2 aromatic rings. The Labute approximate surface area is 120 Å². The maximum atomic E-state index is 13.3. The lowest BCUT2D eigenvalue weighted by atomic mass is 10.3. The van der Waals surface area contributed by atoms with Crippen molar-refractivity contribution in [2.45, 2.75) is 11.1 Å². The molecule has 0 aliphatic carbocycles. The van der Waals surface area contributed by atoms with Crippen molar-refractivity contribution in [2.24, 2.45) is 0 Å². The molecule has 1 aromatic heterocycles. The Balaban J connectivity index is 1.80. The summed E-state index contributed by atoms with van der Waals surface area (Å²) in [4.78, 5) is 0. The van der Waals surface area contributed by atoms with E-state index in [1.54, 1.807) is 30.3 Å². The maximum absolute atomic E-state index is 13.3. The summed E-state index contributed by atoms with van der Waals surface area (Å²) >= 11 is 1.22. The van der Waals surface area contributed by atoms with Crippen LogP contribution in [0.5, 0.6) is 5.75 Å². The number of para-hydroxylation sites is 1. The summed E-state index contributed by atoms with van der Waals surface area (Å²) in [5.74, 6) is -0.0660. The molecule has 0 spiro atoms. The van der Waals surface area contributed by atoms with E-state index in [9.17, 15) is 14.7 Å². The summed E-state index contributed by atoms with van der Waals surface area (Å²) in [6.45, 7) is -0.0282. The van der Waals surface area contributed by atoms with E-state index in [0.29, 0.717) is 10.8 Å². The third-order valence-corrected chi connectivity index (χ3v) is 3.64. The number of aliphatic hydroxyl groups excluding tert-OH is 1. The lowest BCUT2D eigenvalue weighted by Crippen LogP contribution is -2.29. The topological polar surface area (TPSA) is 56.4 Å². The number of rotatable bonds is 6. The first-order valence-electron chi connectivity index (χ1n) is 6.03. The number of halogens is 1. The number of hydrogen-bond acceptors (Lipinski definition) is 4. The van der Waals surface area contributed by atoms with Crippen molar-refractivity contribution in [3.63, 3.8) is 0 Å². The number of aliphatic hydroxyl groups is 1. The Morgan fingerprint density at radius 2 is 2.00 bits per heavy atom. The van der Waals surface area contributed by atoms with Gasteiger partial charge in [-0.1, -0.05) is 23.9 Å². The minimum absolute atomic E-state index is 0.0282. The van der Waals surface area contributed by atoms with Gasteiger partial charge in [0.05, 0.1) is 6.10 Å². The molecule has 1 heterocycles. The minimum Gasteiger partial charge on any atom is -0.618 e. The molecule has 0 radical (unpaired) electrons. The van der Waals surface area contributed by atoms with Gasteiger partial charge in [-0.05, 0) is 18.2 Å². The highest BCUT2D eigenvalue weighted by molar-refractivity contribution is 7.99. The van der Waals surface area contributed by atoms with Gasteiger partial charge in [-0.2, -0.15) is 4.73 Å². The Morgan fingerprint density at radius 1 is 1.25 bits per heavy atom. The second-order valence-corrected chi connectivity index (χ2v) is 5.11. The van der Waals surface area contributed by atoms with E-state index in [2.05, 4.69) is 0 Å². The molecule has 1 N–H and O–H groups in total. The van der Waals surface area contributed by atoms with Crippen LogP contribution >= 0.6 is 11.8 Å². The zero-order valence-corrected chi connectivity index (χ0v) is 11.4. The van der Waals surface area contributed by atoms with Gasteiger partial charge in [-0.3, -0.25) is 0 Å². The van der Waals surface area contributed by atoms with Gasteiger partial charge >= 0.3 is 0 Å². The Kier molecular flexibility index (Phi) is 5.20. The Bertz CT molecular complexity index is 518. The summed E-state index contributed by atoms with van der Waals surface area (Å²) in [6, 6.07) is 11.1. The Hall–Kier alpha value is -1.79. The van der Waals surface area contributed by atoms with E-state index in [1.165, 1.54) is 30.1 Å². The van der Waals surface area contributed by atoms with Crippen molar-refractivity contribution in [3.8, 4) is 5.75 Å². The lowest BCUT2D eigenvalue weighted by Gasteiger charge is -2.12. The first-order chi connectivity index (χ1) is 9.66. The molecule has 0 bridgehead atoms. The van der Waals surface area contributed by atoms with Crippen LogP contribution in [0.15, 0.2) is 53.7 Å². The van der Waals surface area contributed by atoms with Crippen LogP contribution in [-0.2, 0) is 0 Å². The van der Waals surface area contributed by atoms with Gasteiger partial charge in [0.25, 0.3) is 5.03 Å². The van der Waals surface area contributed by atoms with E-state index in [0.717, 1.165) is 4.73 Å². The second kappa shape index (κ2) is 7.12. The summed E-state index contributed by atoms with van der Waals surface area (Å²) in [5, 5.41) is 21.7. The van der Waals surface area contributed by atoms with Crippen molar-refractivity contribution in [3.05, 3.63) is 59.7 Å². The Morgan fingerprint density at radius 3 is 2.75 bits per heavy atom. The molecule has 106 valence electrons. The van der Waals surface area contributed by atoms with Crippen molar-refractivity contribution in [1.29, 1.82) is 0 Å². The van der Waals surface area contributed by atoms with E-state index >= 15 is 0 Å². The molecule has 2 rings (SSSR count). The third-order valence-electron chi connectivity index (χ3n) is 2.48. The third kappa shape index (κ3) is 4.11. The average molecular weight is 295 g/mol. The van der Waals surface area contributed by atoms with Gasteiger partial charge in [0.2, 0.25) is 0 Å². The molecular weight excluding hydrogens is 281 g/mol. The maximum Gasteiger partial charge on any atom is 0.251 e. The molecule has 0 saturated carbocycles. The van der Waals surface area contributed by atoms with Gasteiger partial charge in [0.1, 0.15) is 6.61 Å². The van der Waals surface area contributed by atoms with Crippen LogP contribution in [0.4, 0.5) is 4.39 Å². The van der Waals surface area contributed by atoms with Gasteiger partial charge in [0, 0.05) is 17.9 Å². The normalized spacial score (nSPS) is 12.1. The molecule has 4 nitrogen and oxygen atoms in total. The highest BCUT2D eigenvalue weighted by Crippen LogP contribution is 2.17. The van der Waals surface area contributed by atoms with E-state index in [1.807, 2.05) is 0 Å². The highest BCUT2D eigenvalue weighted by atomic mass is 32.2. The molecule has 20 heavy (non-hydrogen) atoms. The molecule has 0 saturated heterocycles. The summed E-state index contributed by atoms with van der Waals surface area (Å²) in [6.07, 6.45) is 0.602. The number of nitrogens with zero attached hydrogens (tertiary/aromatic N) is 1. The number of pyridine rings is 1. The fourth-order valence-corrected chi connectivity index (χ4v) is 2.32. The molecule has 0 amide bonds. The molecule has 1 atom stereocenters. The summed E-state index contributed by atoms with van der Waals surface area (Å²) in [7, 11) is 0. The van der Waals surface area contributed by atoms with Crippen LogP contribution in [0.3, 0.4) is 0 Å². The van der Waals surface area contributed by atoms with Crippen LogP contribution < -0.4 is 9.47 Å². The highest BCUT2D eigenvalue weighted by Gasteiger charge is 2.11. The molecule has 1 unspecified atom stereocenters. The average Bonchev–Trinajstić information content (AvgIpc) is 2.45. The lowest BCUT2D eigenvalue weighted by molar-refractivity contribution is -0.645. The van der Waals surface area contributed by atoms with Crippen LogP contribution in [0.2, 0.25) is 0 Å². The largest absolute Gasteiger partial charge is 0.618 e. The van der Waals surface area contributed by atoms with Crippen LogP contribution in [0.1, 0.15) is 0 Å². The quantitative estimate of drug-likeness (QED) is 0.503. The van der Waals surface area contributed by atoms with Gasteiger partial charge in [-0.25, -0.2) is 4.39 Å². The van der Waals surface area contributed by atoms with Crippen molar-refractivity contribution in [1.82, 2.24) is 0 Å². The van der Waals surface area contributed by atoms with Crippen molar-refractivity contribution in [2.75, 3.05) is 12.4 Å². The molecule has 6 heteroatoms. The standard InChI is InChI=1S/C14H14FNO3S/c15-12-5-1-2-6-13(12)19-9-11(17)10-20-14-7-3-4-8-16(14)18/h1-8,11,17H,9-10H2. The van der Waals surface area contributed by atoms with Crippen LogP contribution in [0.25, 0.3) is 0 Å². The molecule has 1 aromatic carbocycles. The van der Waals surface area contributed by atoms with Gasteiger partial charge in [-0.15, -0.1) is 0 Å². The summed E-state index contributed by atoms with van der Waals surface area (Å²) in [5.41, 5.74) is 0. The van der Waals surface area contributed by atoms with Gasteiger partial charge in [0.15, 0.2) is 17.8 Å². The number of thioether (sulfide) groups is 1. The first-order valence-corrected chi connectivity index (χ1v) is 7.02. The SMILES string of the molecule is [O-][n+]1ccccc1SCC(O)COc1ccccc1F. The van der Waals surface area contributed by atoms with Crippen molar-refractivity contribution >= 4 is 11.8 Å². The molecule has 0 aliphatic rings. The molecule has 0 aliphatic heterocycles. The smallest absolute Gasteiger partial charge is 0.251 e. The minimum atomic E-state index is -0.792. The number of hydrogen-bond donors (Lipinski definition) is 1. The van der Waals surface area contributed by atoms with Crippen molar-refractivity contribution < 1.29 is 19.0 Å². The number of ether oxygens (including phenoxy) is 1. The predicted molar refractivity (Wildman–Crippen MR) is 74.0 cm³/mol.